The van der Waals surface area contributed by atoms with Crippen LogP contribution in [0.2, 0.25) is 5.28 Å². The molecular formula is C13H13ClF2N4O. The van der Waals surface area contributed by atoms with Crippen LogP contribution >= 0.6 is 11.6 Å². The van der Waals surface area contributed by atoms with E-state index in [1.165, 1.54) is 13.0 Å². The molecule has 2 rings (SSSR count). The number of halogens is 3. The van der Waals surface area contributed by atoms with Crippen molar-refractivity contribution in [1.29, 1.82) is 0 Å². The van der Waals surface area contributed by atoms with E-state index < -0.39 is 11.6 Å². The van der Waals surface area contributed by atoms with Crippen LogP contribution < -0.4 is 10.1 Å². The third-order valence-corrected chi connectivity index (χ3v) is 2.71. The van der Waals surface area contributed by atoms with E-state index in [4.69, 9.17) is 16.3 Å². The summed E-state index contributed by atoms with van der Waals surface area (Å²) in [6.07, 6.45) is 0.757. The number of aryl methyl sites for hydroxylation is 1. The number of nitrogens with one attached hydrogen (secondary N) is 1. The first-order chi connectivity index (χ1) is 10.0. The molecule has 0 bridgehead atoms. The van der Waals surface area contributed by atoms with Crippen LogP contribution in [0.15, 0.2) is 12.1 Å². The fourth-order valence-electron chi connectivity index (χ4n) is 1.53. The van der Waals surface area contributed by atoms with Gasteiger partial charge in [0.2, 0.25) is 11.2 Å². The minimum absolute atomic E-state index is 0.00665. The minimum Gasteiger partial charge on any atom is -0.463 e. The Bertz CT molecular complexity index is 654. The summed E-state index contributed by atoms with van der Waals surface area (Å²) in [6, 6.07) is 2.48. The van der Waals surface area contributed by atoms with Crippen molar-refractivity contribution in [2.75, 3.05) is 11.9 Å². The highest BCUT2D eigenvalue weighted by Gasteiger charge is 2.14. The summed E-state index contributed by atoms with van der Waals surface area (Å²) in [5, 5.41) is 2.33. The van der Waals surface area contributed by atoms with Crippen molar-refractivity contribution in [2.45, 2.75) is 20.3 Å². The zero-order chi connectivity index (χ0) is 15.4. The maximum Gasteiger partial charge on any atom is 0.322 e. The lowest BCUT2D eigenvalue weighted by Gasteiger charge is -2.10. The number of aromatic nitrogens is 3. The third kappa shape index (κ3) is 3.75. The lowest BCUT2D eigenvalue weighted by molar-refractivity contribution is 0.292. The molecule has 1 N–H and O–H groups in total. The second kappa shape index (κ2) is 6.62. The Morgan fingerprint density at radius 1 is 1.24 bits per heavy atom. The molecule has 0 spiro atoms. The fraction of sp³-hybridized carbons (Fsp3) is 0.308. The predicted molar refractivity (Wildman–Crippen MR) is 75.0 cm³/mol. The van der Waals surface area contributed by atoms with Gasteiger partial charge in [0.05, 0.1) is 6.61 Å². The number of rotatable bonds is 5. The first-order valence-electron chi connectivity index (χ1n) is 6.27. The number of hydrogen-bond acceptors (Lipinski definition) is 5. The van der Waals surface area contributed by atoms with Crippen molar-refractivity contribution in [2.24, 2.45) is 0 Å². The molecule has 0 radical (unpaired) electrons. The number of ether oxygens (including phenoxy) is 1. The minimum atomic E-state index is -0.759. The van der Waals surface area contributed by atoms with Crippen LogP contribution in [-0.2, 0) is 0 Å². The lowest BCUT2D eigenvalue weighted by Crippen LogP contribution is -2.07. The SMILES string of the molecule is CCCOc1nc(Cl)nc(Nc2c(F)ccc(C)c2F)n1. The molecule has 1 aromatic heterocycles. The first kappa shape index (κ1) is 15.4. The van der Waals surface area contributed by atoms with Crippen LogP contribution in [0.5, 0.6) is 6.01 Å². The van der Waals surface area contributed by atoms with E-state index in [0.717, 1.165) is 12.5 Å². The van der Waals surface area contributed by atoms with Crippen LogP contribution in [0, 0.1) is 18.6 Å². The maximum atomic E-state index is 13.9. The molecule has 0 saturated carbocycles. The van der Waals surface area contributed by atoms with Gasteiger partial charge >= 0.3 is 6.01 Å². The van der Waals surface area contributed by atoms with Crippen molar-refractivity contribution >= 4 is 23.2 Å². The third-order valence-electron chi connectivity index (χ3n) is 2.54. The van der Waals surface area contributed by atoms with Gasteiger partial charge in [-0.15, -0.1) is 0 Å². The van der Waals surface area contributed by atoms with Gasteiger partial charge < -0.3 is 10.1 Å². The van der Waals surface area contributed by atoms with Crippen molar-refractivity contribution in [3.05, 3.63) is 34.6 Å². The molecule has 0 aliphatic rings. The molecule has 0 aliphatic heterocycles. The largest absolute Gasteiger partial charge is 0.463 e. The highest BCUT2D eigenvalue weighted by atomic mass is 35.5. The molecule has 5 nitrogen and oxygen atoms in total. The molecule has 0 aliphatic carbocycles. The van der Waals surface area contributed by atoms with Crippen LogP contribution in [0.3, 0.4) is 0 Å². The summed E-state index contributed by atoms with van der Waals surface area (Å²) in [6.45, 7) is 3.84. The molecule has 0 fully saturated rings. The fourth-order valence-corrected chi connectivity index (χ4v) is 1.68. The number of hydrogen-bond donors (Lipinski definition) is 1. The summed E-state index contributed by atoms with van der Waals surface area (Å²) in [4.78, 5) is 11.4. The van der Waals surface area contributed by atoms with Gasteiger partial charge in [0.15, 0.2) is 5.82 Å². The van der Waals surface area contributed by atoms with E-state index in [1.807, 2.05) is 6.92 Å². The van der Waals surface area contributed by atoms with E-state index in [2.05, 4.69) is 20.3 Å². The first-order valence-corrected chi connectivity index (χ1v) is 6.65. The van der Waals surface area contributed by atoms with Gasteiger partial charge in [-0.3, -0.25) is 0 Å². The molecule has 8 heteroatoms. The average Bonchev–Trinajstić information content (AvgIpc) is 2.45. The van der Waals surface area contributed by atoms with Crippen LogP contribution in [0.25, 0.3) is 0 Å². The average molecular weight is 315 g/mol. The summed E-state index contributed by atoms with van der Waals surface area (Å²) in [5.74, 6) is -1.57. The van der Waals surface area contributed by atoms with Gasteiger partial charge in [0, 0.05) is 0 Å². The zero-order valence-corrected chi connectivity index (χ0v) is 12.2. The van der Waals surface area contributed by atoms with Crippen LogP contribution in [-0.4, -0.2) is 21.6 Å². The van der Waals surface area contributed by atoms with Crippen LogP contribution in [0.1, 0.15) is 18.9 Å². The monoisotopic (exact) mass is 314 g/mol. The molecule has 0 atom stereocenters. The Hall–Kier alpha value is -2.02. The van der Waals surface area contributed by atoms with E-state index in [1.54, 1.807) is 0 Å². The summed E-state index contributed by atoms with van der Waals surface area (Å²) in [5.41, 5.74) is -0.0554. The summed E-state index contributed by atoms with van der Waals surface area (Å²) < 4.78 is 32.8. The predicted octanol–water partition coefficient (Wildman–Crippen LogP) is 3.64. The lowest BCUT2D eigenvalue weighted by atomic mass is 10.2. The maximum absolute atomic E-state index is 13.9. The summed E-state index contributed by atoms with van der Waals surface area (Å²) >= 11 is 5.74. The molecule has 2 aromatic rings. The smallest absolute Gasteiger partial charge is 0.322 e. The molecule has 0 amide bonds. The van der Waals surface area contributed by atoms with Gasteiger partial charge in [0.1, 0.15) is 11.5 Å². The molecule has 21 heavy (non-hydrogen) atoms. The highest BCUT2D eigenvalue weighted by Crippen LogP contribution is 2.25. The second-order valence-electron chi connectivity index (χ2n) is 4.24. The van der Waals surface area contributed by atoms with Gasteiger partial charge in [-0.1, -0.05) is 13.0 Å². The Labute approximate surface area is 125 Å². The number of nitrogens with zero attached hydrogens (tertiary/aromatic N) is 3. The van der Waals surface area contributed by atoms with Crippen molar-refractivity contribution in [3.63, 3.8) is 0 Å². The normalized spacial score (nSPS) is 10.5. The van der Waals surface area contributed by atoms with E-state index >= 15 is 0 Å². The number of benzene rings is 1. The van der Waals surface area contributed by atoms with E-state index in [-0.39, 0.29) is 22.9 Å². The van der Waals surface area contributed by atoms with Crippen molar-refractivity contribution in [1.82, 2.24) is 15.0 Å². The molecule has 0 unspecified atom stereocenters. The highest BCUT2D eigenvalue weighted by molar-refractivity contribution is 6.28. The molecule has 0 saturated heterocycles. The number of anilines is 2. The van der Waals surface area contributed by atoms with Crippen molar-refractivity contribution in [3.8, 4) is 6.01 Å². The van der Waals surface area contributed by atoms with Gasteiger partial charge in [-0.05, 0) is 36.6 Å². The van der Waals surface area contributed by atoms with E-state index in [0.29, 0.717) is 12.2 Å². The van der Waals surface area contributed by atoms with Gasteiger partial charge in [-0.2, -0.15) is 15.0 Å². The quantitative estimate of drug-likeness (QED) is 0.913. The summed E-state index contributed by atoms with van der Waals surface area (Å²) in [7, 11) is 0. The molecule has 1 heterocycles. The molecular weight excluding hydrogens is 302 g/mol. The van der Waals surface area contributed by atoms with Gasteiger partial charge in [-0.25, -0.2) is 8.78 Å². The second-order valence-corrected chi connectivity index (χ2v) is 4.58. The Morgan fingerprint density at radius 3 is 2.71 bits per heavy atom. The van der Waals surface area contributed by atoms with Gasteiger partial charge in [0.25, 0.3) is 0 Å². The topological polar surface area (TPSA) is 59.9 Å². The zero-order valence-electron chi connectivity index (χ0n) is 11.5. The van der Waals surface area contributed by atoms with E-state index in [9.17, 15) is 8.78 Å². The molecule has 1 aromatic carbocycles. The standard InChI is InChI=1S/C13H13ClF2N4O/c1-3-6-21-13-19-11(14)18-12(20-13)17-10-8(15)5-4-7(2)9(10)16/h4-5H,3,6H2,1-2H3,(H,17,18,19,20). The molecule has 112 valence electrons. The van der Waals surface area contributed by atoms with Crippen LogP contribution in [0.4, 0.5) is 20.4 Å². The van der Waals surface area contributed by atoms with Crippen molar-refractivity contribution < 1.29 is 13.5 Å². The Kier molecular flexibility index (Phi) is 4.85. The Balaban J connectivity index is 2.31. The Morgan fingerprint density at radius 2 is 2.00 bits per heavy atom.